The quantitative estimate of drug-likeness (QED) is 0.631. The molecule has 3 N–H and O–H groups in total. The Bertz CT molecular complexity index is 444. The predicted molar refractivity (Wildman–Crippen MR) is 73.8 cm³/mol. The third-order valence-corrected chi connectivity index (χ3v) is 2.16. The summed E-state index contributed by atoms with van der Waals surface area (Å²) in [6, 6.07) is 6.71. The molecule has 0 heterocycles. The Hall–Kier alpha value is -1.52. The van der Waals surface area contributed by atoms with Crippen molar-refractivity contribution in [3.05, 3.63) is 40.9 Å². The molecule has 6 heteroatoms. The number of hydrogen-bond acceptors (Lipinski definition) is 2. The van der Waals surface area contributed by atoms with Crippen LogP contribution in [0.15, 0.2) is 35.3 Å². The van der Waals surface area contributed by atoms with E-state index in [4.69, 9.17) is 17.3 Å². The zero-order chi connectivity index (χ0) is 12.0. The van der Waals surface area contributed by atoms with Gasteiger partial charge in [-0.25, -0.2) is 4.79 Å². The number of rotatable bonds is 2. The molecule has 0 unspecified atom stereocenters. The third kappa shape index (κ3) is 5.38. The molecule has 0 aliphatic heterocycles. The molecular weight excluding hydrogens is 261 g/mol. The molecule has 2 amide bonds. The normalized spacial score (nSPS) is 11.1. The Labute approximate surface area is 111 Å². The molecule has 0 aromatic heterocycles. The molecule has 92 valence electrons. The van der Waals surface area contributed by atoms with Crippen LogP contribution in [-0.2, 0) is 0 Å². The topological polar surface area (TPSA) is 67.5 Å². The van der Waals surface area contributed by atoms with Gasteiger partial charge in [0.05, 0.1) is 0 Å². The minimum Gasteiger partial charge on any atom is -0.351 e. The number of benzene rings is 1. The molecule has 0 aliphatic rings. The van der Waals surface area contributed by atoms with E-state index >= 15 is 0 Å². The molecule has 0 radical (unpaired) electrons. The number of amidine groups is 1. The summed E-state index contributed by atoms with van der Waals surface area (Å²) in [4.78, 5) is 14.5. The van der Waals surface area contributed by atoms with Crippen LogP contribution in [-0.4, -0.2) is 18.9 Å². The van der Waals surface area contributed by atoms with Crippen molar-refractivity contribution in [2.45, 2.75) is 0 Å². The van der Waals surface area contributed by atoms with E-state index in [1.807, 2.05) is 18.2 Å². The lowest BCUT2D eigenvalue weighted by atomic mass is 10.2. The monoisotopic (exact) mass is 273 g/mol. The van der Waals surface area contributed by atoms with Gasteiger partial charge in [0.2, 0.25) is 0 Å². The Morgan fingerprint density at radius 2 is 2.12 bits per heavy atom. The van der Waals surface area contributed by atoms with Gasteiger partial charge in [0.25, 0.3) is 0 Å². The van der Waals surface area contributed by atoms with Crippen molar-refractivity contribution in [2.75, 3.05) is 7.05 Å². The van der Waals surface area contributed by atoms with E-state index in [2.05, 4.69) is 10.3 Å². The minimum absolute atomic E-state index is 0. The zero-order valence-electron chi connectivity index (χ0n) is 9.18. The first kappa shape index (κ1) is 15.5. The third-order valence-electron chi connectivity index (χ3n) is 1.82. The number of nitrogens with zero attached hydrogens (tertiary/aromatic N) is 1. The number of primary amides is 1. The van der Waals surface area contributed by atoms with Gasteiger partial charge in [-0.2, -0.15) is 0 Å². The maximum atomic E-state index is 10.6. The van der Waals surface area contributed by atoms with Crippen molar-refractivity contribution < 1.29 is 4.79 Å². The largest absolute Gasteiger partial charge is 0.351 e. The Morgan fingerprint density at radius 3 is 2.65 bits per heavy atom. The van der Waals surface area contributed by atoms with E-state index in [0.717, 1.165) is 5.56 Å². The molecule has 0 saturated carbocycles. The highest BCUT2D eigenvalue weighted by molar-refractivity contribution is 6.32. The van der Waals surface area contributed by atoms with Crippen molar-refractivity contribution in [2.24, 2.45) is 10.7 Å². The molecule has 1 aromatic rings. The van der Waals surface area contributed by atoms with Crippen LogP contribution < -0.4 is 11.1 Å². The van der Waals surface area contributed by atoms with Crippen LogP contribution >= 0.6 is 24.0 Å². The lowest BCUT2D eigenvalue weighted by Crippen LogP contribution is -2.33. The average Bonchev–Trinajstić information content (AvgIpc) is 2.25. The summed E-state index contributed by atoms with van der Waals surface area (Å²) < 4.78 is 0. The van der Waals surface area contributed by atoms with E-state index in [1.54, 1.807) is 25.3 Å². The predicted octanol–water partition coefficient (Wildman–Crippen LogP) is 2.47. The van der Waals surface area contributed by atoms with Gasteiger partial charge < -0.3 is 5.73 Å². The summed E-state index contributed by atoms with van der Waals surface area (Å²) in [5, 5.41) is 3.01. The highest BCUT2D eigenvalue weighted by Crippen LogP contribution is 2.15. The molecule has 0 saturated heterocycles. The lowest BCUT2D eigenvalue weighted by Gasteiger charge is -2.00. The second-order valence-electron chi connectivity index (χ2n) is 2.95. The first-order valence-electron chi connectivity index (χ1n) is 4.59. The van der Waals surface area contributed by atoms with E-state index in [1.165, 1.54) is 0 Å². The molecule has 0 spiro atoms. The highest BCUT2D eigenvalue weighted by atomic mass is 35.5. The second-order valence-corrected chi connectivity index (χ2v) is 3.36. The van der Waals surface area contributed by atoms with E-state index in [-0.39, 0.29) is 12.4 Å². The first-order chi connectivity index (χ1) is 7.63. The van der Waals surface area contributed by atoms with Crippen LogP contribution in [0.1, 0.15) is 5.56 Å². The van der Waals surface area contributed by atoms with Gasteiger partial charge in [-0.05, 0) is 23.8 Å². The summed E-state index contributed by atoms with van der Waals surface area (Å²) in [5.74, 6) is 0.382. The molecule has 1 rings (SSSR count). The van der Waals surface area contributed by atoms with Crippen molar-refractivity contribution in [1.82, 2.24) is 5.32 Å². The molecule has 4 nitrogen and oxygen atoms in total. The zero-order valence-corrected chi connectivity index (χ0v) is 10.8. The molecule has 0 bridgehead atoms. The van der Waals surface area contributed by atoms with Crippen molar-refractivity contribution in [3.63, 3.8) is 0 Å². The summed E-state index contributed by atoms with van der Waals surface area (Å²) in [5.41, 5.74) is 5.82. The van der Waals surface area contributed by atoms with Crippen LogP contribution in [0.25, 0.3) is 6.08 Å². The van der Waals surface area contributed by atoms with Crippen LogP contribution in [0.4, 0.5) is 4.79 Å². The summed E-state index contributed by atoms with van der Waals surface area (Å²) in [6.07, 6.45) is 3.38. The van der Waals surface area contributed by atoms with E-state index in [0.29, 0.717) is 10.9 Å². The van der Waals surface area contributed by atoms with E-state index < -0.39 is 6.03 Å². The van der Waals surface area contributed by atoms with Crippen LogP contribution in [0.2, 0.25) is 5.02 Å². The van der Waals surface area contributed by atoms with Gasteiger partial charge in [-0.1, -0.05) is 29.8 Å². The van der Waals surface area contributed by atoms with Crippen molar-refractivity contribution in [3.8, 4) is 0 Å². The lowest BCUT2D eigenvalue weighted by molar-refractivity contribution is 0.253. The number of aliphatic imine (C=N–C) groups is 1. The highest BCUT2D eigenvalue weighted by Gasteiger charge is 1.97. The molecule has 17 heavy (non-hydrogen) atoms. The van der Waals surface area contributed by atoms with Gasteiger partial charge >= 0.3 is 6.03 Å². The van der Waals surface area contributed by atoms with E-state index in [9.17, 15) is 4.79 Å². The van der Waals surface area contributed by atoms with Crippen LogP contribution in [0.3, 0.4) is 0 Å². The fourth-order valence-electron chi connectivity index (χ4n) is 1.08. The van der Waals surface area contributed by atoms with Crippen LogP contribution in [0, 0.1) is 0 Å². The maximum absolute atomic E-state index is 10.6. The fourth-order valence-corrected chi connectivity index (χ4v) is 1.28. The van der Waals surface area contributed by atoms with Gasteiger partial charge in [0.15, 0.2) is 0 Å². The average molecular weight is 274 g/mol. The van der Waals surface area contributed by atoms with Crippen molar-refractivity contribution >= 4 is 42.0 Å². The number of amides is 2. The van der Waals surface area contributed by atoms with Gasteiger partial charge in [0, 0.05) is 12.1 Å². The van der Waals surface area contributed by atoms with Gasteiger partial charge in [-0.15, -0.1) is 12.4 Å². The Morgan fingerprint density at radius 1 is 1.47 bits per heavy atom. The first-order valence-corrected chi connectivity index (χ1v) is 4.97. The maximum Gasteiger partial charge on any atom is 0.317 e. The number of nitrogens with one attached hydrogen (secondary N) is 1. The molecule has 0 aliphatic carbocycles. The SMILES string of the molecule is CN=C(/C=C/c1ccccc1Cl)NC(N)=O.Cl. The van der Waals surface area contributed by atoms with Crippen LogP contribution in [0.5, 0.6) is 0 Å². The number of nitrogens with two attached hydrogens (primary N) is 1. The molecule has 1 aromatic carbocycles. The number of carbonyl (C=O) groups is 1. The summed E-state index contributed by atoms with van der Waals surface area (Å²) in [6.45, 7) is 0. The second kappa shape index (κ2) is 7.70. The molecule has 0 fully saturated rings. The van der Waals surface area contributed by atoms with Gasteiger partial charge in [-0.3, -0.25) is 10.3 Å². The Kier molecular flexibility index (Phi) is 7.02. The molecule has 0 atom stereocenters. The number of urea groups is 1. The van der Waals surface area contributed by atoms with Crippen molar-refractivity contribution in [1.29, 1.82) is 0 Å². The molecular formula is C11H13Cl2N3O. The summed E-state index contributed by atoms with van der Waals surface area (Å²) >= 11 is 5.95. The fraction of sp³-hybridized carbons (Fsp3) is 0.0909. The number of carbonyl (C=O) groups excluding carboxylic acids is 1. The minimum atomic E-state index is -0.649. The standard InChI is InChI=1S/C11H12ClN3O.ClH/c1-14-10(15-11(13)16)7-6-8-4-2-3-5-9(8)12;/h2-7H,1H3,(H3,13,14,15,16);1H/b7-6+;. The number of halogens is 2. The number of hydrogen-bond donors (Lipinski definition) is 2. The van der Waals surface area contributed by atoms with Gasteiger partial charge in [0.1, 0.15) is 5.84 Å². The smallest absolute Gasteiger partial charge is 0.317 e. The Balaban J connectivity index is 0.00000256. The summed E-state index contributed by atoms with van der Waals surface area (Å²) in [7, 11) is 1.56.